The van der Waals surface area contributed by atoms with Crippen LogP contribution in [0.2, 0.25) is 0 Å². The quantitative estimate of drug-likeness (QED) is 0.404. The molecule has 0 saturated carbocycles. The van der Waals surface area contributed by atoms with Crippen molar-refractivity contribution in [2.45, 2.75) is 6.10 Å². The first kappa shape index (κ1) is 12.1. The summed E-state index contributed by atoms with van der Waals surface area (Å²) in [7, 11) is 0. The van der Waals surface area contributed by atoms with Crippen molar-refractivity contribution in [3.63, 3.8) is 0 Å². The van der Waals surface area contributed by atoms with E-state index in [1.54, 1.807) is 0 Å². The first-order chi connectivity index (χ1) is 8.29. The maximum absolute atomic E-state index is 8.60. The van der Waals surface area contributed by atoms with E-state index in [2.05, 4.69) is 21.1 Å². The first-order valence-corrected chi connectivity index (χ1v) is 5.97. The Kier molecular flexibility index (Phi) is 4.17. The minimum atomic E-state index is -0.101. The average Bonchev–Trinajstić information content (AvgIpc) is 2.34. The number of halogens is 1. The van der Waals surface area contributed by atoms with E-state index in [4.69, 9.17) is 14.7 Å². The number of hydrogen-bond acceptors (Lipinski definition) is 4. The molecule has 2 rings (SSSR count). The van der Waals surface area contributed by atoms with Gasteiger partial charge in [-0.25, -0.2) is 0 Å². The largest absolute Gasteiger partial charge is 0.483 e. The van der Waals surface area contributed by atoms with Crippen molar-refractivity contribution < 1.29 is 14.7 Å². The van der Waals surface area contributed by atoms with Crippen molar-refractivity contribution in [2.24, 2.45) is 5.16 Å². The summed E-state index contributed by atoms with van der Waals surface area (Å²) < 4.78 is 11.9. The molecule has 0 aliphatic carbocycles. The lowest BCUT2D eigenvalue weighted by Crippen LogP contribution is -2.24. The normalized spacial score (nSPS) is 19.7. The molecular weight excluding hydrogens is 286 g/mol. The van der Waals surface area contributed by atoms with Crippen molar-refractivity contribution in [3.8, 4) is 5.75 Å². The Labute approximate surface area is 108 Å². The van der Waals surface area contributed by atoms with Gasteiger partial charge < -0.3 is 14.7 Å². The van der Waals surface area contributed by atoms with Gasteiger partial charge in [-0.3, -0.25) is 0 Å². The van der Waals surface area contributed by atoms with Gasteiger partial charge >= 0.3 is 0 Å². The van der Waals surface area contributed by atoms with Gasteiger partial charge in [0, 0.05) is 10.0 Å². The molecule has 1 aromatic carbocycles. The molecule has 0 bridgehead atoms. The smallest absolute Gasteiger partial charge is 0.140 e. The molecule has 4 nitrogen and oxygen atoms in total. The van der Waals surface area contributed by atoms with Crippen LogP contribution in [0.3, 0.4) is 0 Å². The fourth-order valence-corrected chi connectivity index (χ4v) is 1.92. The van der Waals surface area contributed by atoms with E-state index in [0.717, 1.165) is 4.47 Å². The lowest BCUT2D eigenvalue weighted by atomic mass is 10.2. The Morgan fingerprint density at radius 2 is 2.41 bits per heavy atom. The van der Waals surface area contributed by atoms with Gasteiger partial charge in [0.25, 0.3) is 0 Å². The zero-order valence-corrected chi connectivity index (χ0v) is 10.6. The van der Waals surface area contributed by atoms with Gasteiger partial charge in [0.15, 0.2) is 0 Å². The molecule has 0 aromatic heterocycles. The highest BCUT2D eigenvalue weighted by Gasteiger charge is 2.12. The summed E-state index contributed by atoms with van der Waals surface area (Å²) in [6.07, 6.45) is 5.13. The Morgan fingerprint density at radius 3 is 3.12 bits per heavy atom. The summed E-state index contributed by atoms with van der Waals surface area (Å²) in [6.45, 7) is 1.16. The molecule has 0 fully saturated rings. The van der Waals surface area contributed by atoms with E-state index in [0.29, 0.717) is 24.5 Å². The lowest BCUT2D eigenvalue weighted by molar-refractivity contribution is 0.0753. The van der Waals surface area contributed by atoms with Gasteiger partial charge in [0.1, 0.15) is 11.9 Å². The van der Waals surface area contributed by atoms with Gasteiger partial charge in [-0.15, -0.1) is 0 Å². The first-order valence-electron chi connectivity index (χ1n) is 5.17. The monoisotopic (exact) mass is 297 g/mol. The van der Waals surface area contributed by atoms with Gasteiger partial charge in [-0.2, -0.15) is 0 Å². The highest BCUT2D eigenvalue weighted by Crippen LogP contribution is 2.23. The summed E-state index contributed by atoms with van der Waals surface area (Å²) in [5.74, 6) is 0.658. The van der Waals surface area contributed by atoms with Gasteiger partial charge in [0.2, 0.25) is 0 Å². The second-order valence-electron chi connectivity index (χ2n) is 3.55. The number of nitrogens with zero attached hydrogens (tertiary/aromatic N) is 1. The maximum atomic E-state index is 8.60. The summed E-state index contributed by atoms with van der Waals surface area (Å²) in [5, 5.41) is 11.6. The van der Waals surface area contributed by atoms with Crippen LogP contribution in [0.15, 0.2) is 40.0 Å². The molecule has 0 saturated heterocycles. The number of rotatable bonds is 3. The van der Waals surface area contributed by atoms with E-state index in [-0.39, 0.29) is 6.10 Å². The van der Waals surface area contributed by atoms with Crippen LogP contribution in [-0.4, -0.2) is 30.7 Å². The molecule has 17 heavy (non-hydrogen) atoms. The van der Waals surface area contributed by atoms with Gasteiger partial charge in [-0.1, -0.05) is 27.2 Å². The molecule has 1 N–H and O–H groups in total. The highest BCUT2D eigenvalue weighted by molar-refractivity contribution is 9.10. The maximum Gasteiger partial charge on any atom is 0.140 e. The topological polar surface area (TPSA) is 51.1 Å². The fourth-order valence-electron chi connectivity index (χ4n) is 1.54. The fraction of sp³-hybridized carbons (Fsp3) is 0.250. The summed E-state index contributed by atoms with van der Waals surface area (Å²) in [4.78, 5) is 0. The van der Waals surface area contributed by atoms with Crippen LogP contribution < -0.4 is 4.74 Å². The van der Waals surface area contributed by atoms with Crippen LogP contribution in [0.4, 0.5) is 0 Å². The van der Waals surface area contributed by atoms with Crippen LogP contribution in [0.5, 0.6) is 5.75 Å². The summed E-state index contributed by atoms with van der Waals surface area (Å²) >= 11 is 3.35. The molecule has 1 aromatic rings. The van der Waals surface area contributed by atoms with Crippen molar-refractivity contribution in [1.29, 1.82) is 0 Å². The predicted octanol–water partition coefficient (Wildman–Crippen LogP) is 2.59. The van der Waals surface area contributed by atoms with Crippen LogP contribution in [0.25, 0.3) is 0 Å². The van der Waals surface area contributed by atoms with Gasteiger partial charge in [-0.05, 0) is 24.3 Å². The van der Waals surface area contributed by atoms with Crippen LogP contribution in [-0.2, 0) is 4.74 Å². The molecule has 1 aliphatic heterocycles. The molecule has 0 spiro atoms. The molecule has 1 heterocycles. The molecule has 5 heteroatoms. The minimum Gasteiger partial charge on any atom is -0.483 e. The van der Waals surface area contributed by atoms with E-state index >= 15 is 0 Å². The Morgan fingerprint density at radius 1 is 1.53 bits per heavy atom. The molecule has 0 radical (unpaired) electrons. The van der Waals surface area contributed by atoms with E-state index in [1.807, 2.05) is 30.4 Å². The van der Waals surface area contributed by atoms with E-state index in [1.165, 1.54) is 6.21 Å². The average molecular weight is 298 g/mol. The third-order valence-electron chi connectivity index (χ3n) is 2.29. The van der Waals surface area contributed by atoms with E-state index in [9.17, 15) is 0 Å². The van der Waals surface area contributed by atoms with Crippen LogP contribution in [0.1, 0.15) is 5.56 Å². The highest BCUT2D eigenvalue weighted by atomic mass is 79.9. The molecule has 1 unspecified atom stereocenters. The molecule has 90 valence electrons. The molecule has 1 aliphatic rings. The van der Waals surface area contributed by atoms with Gasteiger partial charge in [0.05, 0.1) is 19.4 Å². The standard InChI is InChI=1S/C12H12BrNO3/c13-10-3-4-12(9(6-10)7-14-15)17-11-2-1-5-16-8-11/h1-4,6-7,11,15H,5,8H2. The van der Waals surface area contributed by atoms with Crippen molar-refractivity contribution in [1.82, 2.24) is 0 Å². The van der Waals surface area contributed by atoms with Crippen LogP contribution in [0, 0.1) is 0 Å². The Bertz CT molecular complexity index is 445. The number of hydrogen-bond donors (Lipinski definition) is 1. The zero-order chi connectivity index (χ0) is 12.1. The third-order valence-corrected chi connectivity index (χ3v) is 2.79. The second-order valence-corrected chi connectivity index (χ2v) is 4.46. The van der Waals surface area contributed by atoms with Crippen LogP contribution >= 0.6 is 15.9 Å². The van der Waals surface area contributed by atoms with Crippen molar-refractivity contribution in [3.05, 3.63) is 40.4 Å². The number of oxime groups is 1. The Balaban J connectivity index is 2.19. The van der Waals surface area contributed by atoms with E-state index < -0.39 is 0 Å². The Hall–Kier alpha value is -1.33. The number of ether oxygens (including phenoxy) is 2. The third kappa shape index (κ3) is 3.31. The summed E-state index contributed by atoms with van der Waals surface area (Å²) in [5.41, 5.74) is 0.709. The van der Waals surface area contributed by atoms with Crippen molar-refractivity contribution >= 4 is 22.1 Å². The number of benzene rings is 1. The minimum absolute atomic E-state index is 0.101. The second kappa shape index (κ2) is 5.84. The summed E-state index contributed by atoms with van der Waals surface area (Å²) in [6, 6.07) is 5.52. The van der Waals surface area contributed by atoms with Crippen molar-refractivity contribution in [2.75, 3.05) is 13.2 Å². The molecule has 1 atom stereocenters. The lowest BCUT2D eigenvalue weighted by Gasteiger charge is -2.19. The zero-order valence-electron chi connectivity index (χ0n) is 9.04. The molecular formula is C12H12BrNO3. The SMILES string of the molecule is ON=Cc1cc(Br)ccc1OC1C=CCOC1. The predicted molar refractivity (Wildman–Crippen MR) is 67.9 cm³/mol. The molecule has 0 amide bonds.